The van der Waals surface area contributed by atoms with Crippen LogP contribution in [0.2, 0.25) is 0 Å². The summed E-state index contributed by atoms with van der Waals surface area (Å²) in [6.07, 6.45) is 4.06. The summed E-state index contributed by atoms with van der Waals surface area (Å²) >= 11 is 3.83. The normalized spacial score (nSPS) is 25.4. The molecule has 0 aromatic carbocycles. The lowest BCUT2D eigenvalue weighted by Gasteiger charge is -2.26. The Labute approximate surface area is 113 Å². The third-order valence-corrected chi connectivity index (χ3v) is 4.73. The van der Waals surface area contributed by atoms with Gasteiger partial charge in [0.05, 0.1) is 8.45 Å². The molecule has 0 aliphatic heterocycles. The highest BCUT2D eigenvalue weighted by Gasteiger charge is 2.20. The van der Waals surface area contributed by atoms with E-state index < -0.39 is 0 Å². The maximum atomic E-state index is 11.9. The average Bonchev–Trinajstić information content (AvgIpc) is 2.68. The minimum atomic E-state index is 0.0552. The van der Waals surface area contributed by atoms with Gasteiger partial charge in [-0.25, -0.2) is 0 Å². The fourth-order valence-electron chi connectivity index (χ4n) is 1.96. The van der Waals surface area contributed by atoms with Crippen LogP contribution in [0, 0.1) is 2.88 Å². The van der Waals surface area contributed by atoms with E-state index in [9.17, 15) is 4.79 Å². The van der Waals surface area contributed by atoms with Gasteiger partial charge in [-0.3, -0.25) is 4.79 Å². The molecule has 0 radical (unpaired) electrons. The van der Waals surface area contributed by atoms with E-state index in [1.54, 1.807) is 11.3 Å². The second-order valence-corrected chi connectivity index (χ2v) is 7.03. The largest absolute Gasteiger partial charge is 0.349 e. The van der Waals surface area contributed by atoms with Crippen LogP contribution in [0.3, 0.4) is 0 Å². The molecule has 2 rings (SSSR count). The summed E-state index contributed by atoms with van der Waals surface area (Å²) in [5, 5.41) is 4.99. The first-order valence-electron chi connectivity index (χ1n) is 5.45. The molecular formula is C11H15IN2OS. The zero-order chi connectivity index (χ0) is 11.5. The predicted molar refractivity (Wildman–Crippen MR) is 74.7 cm³/mol. The summed E-state index contributed by atoms with van der Waals surface area (Å²) in [6, 6.07) is 2.56. The molecule has 1 aliphatic carbocycles. The molecule has 0 atom stereocenters. The Morgan fingerprint density at radius 1 is 1.44 bits per heavy atom. The molecule has 1 aromatic rings. The van der Waals surface area contributed by atoms with E-state index in [-0.39, 0.29) is 5.91 Å². The first kappa shape index (κ1) is 12.3. The number of nitrogens with one attached hydrogen (secondary N) is 1. The van der Waals surface area contributed by atoms with E-state index in [4.69, 9.17) is 5.73 Å². The van der Waals surface area contributed by atoms with Gasteiger partial charge in [0.25, 0.3) is 5.91 Å². The van der Waals surface area contributed by atoms with Gasteiger partial charge in [0.15, 0.2) is 0 Å². The molecule has 3 N–H and O–H groups in total. The number of carbonyl (C=O) groups excluding carboxylic acids is 1. The van der Waals surface area contributed by atoms with Gasteiger partial charge in [-0.1, -0.05) is 0 Å². The molecule has 0 spiro atoms. The van der Waals surface area contributed by atoms with Gasteiger partial charge in [0, 0.05) is 17.5 Å². The first-order valence-corrected chi connectivity index (χ1v) is 7.41. The Balaban J connectivity index is 1.88. The number of carbonyl (C=O) groups is 1. The lowest BCUT2D eigenvalue weighted by Crippen LogP contribution is -2.40. The van der Waals surface area contributed by atoms with Crippen molar-refractivity contribution in [1.82, 2.24) is 5.32 Å². The van der Waals surface area contributed by atoms with Gasteiger partial charge < -0.3 is 11.1 Å². The van der Waals surface area contributed by atoms with Crippen LogP contribution in [-0.4, -0.2) is 18.0 Å². The molecule has 1 aromatic heterocycles. The summed E-state index contributed by atoms with van der Waals surface area (Å²) < 4.78 is 1.15. The van der Waals surface area contributed by atoms with E-state index in [0.717, 1.165) is 34.1 Å². The van der Waals surface area contributed by atoms with Crippen LogP contribution in [0.5, 0.6) is 0 Å². The summed E-state index contributed by atoms with van der Waals surface area (Å²) in [5.41, 5.74) is 6.61. The van der Waals surface area contributed by atoms with Crippen molar-refractivity contribution in [3.8, 4) is 0 Å². The summed E-state index contributed by atoms with van der Waals surface area (Å²) in [6.45, 7) is 0. The van der Waals surface area contributed by atoms with Crippen molar-refractivity contribution in [2.45, 2.75) is 37.8 Å². The second-order valence-electron chi connectivity index (χ2n) is 4.22. The highest BCUT2D eigenvalue weighted by atomic mass is 127. The van der Waals surface area contributed by atoms with E-state index >= 15 is 0 Å². The number of thiophene rings is 1. The van der Waals surface area contributed by atoms with Gasteiger partial charge >= 0.3 is 0 Å². The van der Waals surface area contributed by atoms with Crippen molar-refractivity contribution >= 4 is 39.8 Å². The number of rotatable bonds is 2. The molecule has 88 valence electrons. The Morgan fingerprint density at radius 2 is 2.12 bits per heavy atom. The first-order chi connectivity index (χ1) is 7.65. The summed E-state index contributed by atoms with van der Waals surface area (Å²) in [4.78, 5) is 11.9. The third kappa shape index (κ3) is 3.18. The smallest absolute Gasteiger partial charge is 0.252 e. The number of amides is 1. The SMILES string of the molecule is NC1CCC(NC(=O)c2csc(I)c2)CC1. The lowest BCUT2D eigenvalue weighted by atomic mass is 9.92. The van der Waals surface area contributed by atoms with Crippen LogP contribution in [0.25, 0.3) is 0 Å². The Kier molecular flexibility index (Phi) is 4.21. The molecule has 0 bridgehead atoms. The molecule has 1 amide bonds. The second kappa shape index (κ2) is 5.46. The summed E-state index contributed by atoms with van der Waals surface area (Å²) in [5.74, 6) is 0.0552. The fraction of sp³-hybridized carbons (Fsp3) is 0.545. The molecule has 3 nitrogen and oxygen atoms in total. The molecule has 0 unspecified atom stereocenters. The third-order valence-electron chi connectivity index (χ3n) is 2.94. The quantitative estimate of drug-likeness (QED) is 0.805. The molecule has 16 heavy (non-hydrogen) atoms. The maximum absolute atomic E-state index is 11.9. The topological polar surface area (TPSA) is 55.1 Å². The Hall–Kier alpha value is -0.140. The van der Waals surface area contributed by atoms with Crippen molar-refractivity contribution < 1.29 is 4.79 Å². The average molecular weight is 350 g/mol. The van der Waals surface area contributed by atoms with Crippen molar-refractivity contribution in [1.29, 1.82) is 0 Å². The van der Waals surface area contributed by atoms with Gasteiger partial charge in [-0.2, -0.15) is 0 Å². The van der Waals surface area contributed by atoms with Crippen LogP contribution in [-0.2, 0) is 0 Å². The van der Waals surface area contributed by atoms with Crippen molar-refractivity contribution in [2.75, 3.05) is 0 Å². The molecule has 1 saturated carbocycles. The Bertz CT molecular complexity index is 372. The van der Waals surface area contributed by atoms with Crippen molar-refractivity contribution in [3.05, 3.63) is 19.9 Å². The molecule has 1 aliphatic rings. The van der Waals surface area contributed by atoms with Crippen molar-refractivity contribution in [2.24, 2.45) is 5.73 Å². The highest BCUT2D eigenvalue weighted by Crippen LogP contribution is 2.19. The van der Waals surface area contributed by atoms with Gasteiger partial charge in [0.1, 0.15) is 0 Å². The minimum absolute atomic E-state index is 0.0552. The predicted octanol–water partition coefficient (Wildman–Crippen LogP) is 2.35. The Morgan fingerprint density at radius 3 is 2.69 bits per heavy atom. The van der Waals surface area contributed by atoms with Crippen LogP contribution in [0.1, 0.15) is 36.0 Å². The van der Waals surface area contributed by atoms with E-state index in [2.05, 4.69) is 27.9 Å². The van der Waals surface area contributed by atoms with Gasteiger partial charge in [-0.15, -0.1) is 11.3 Å². The molecule has 1 heterocycles. The molecule has 0 saturated heterocycles. The number of hydrogen-bond acceptors (Lipinski definition) is 3. The fourth-order valence-corrected chi connectivity index (χ4v) is 3.29. The molecule has 1 fully saturated rings. The lowest BCUT2D eigenvalue weighted by molar-refractivity contribution is 0.0926. The zero-order valence-corrected chi connectivity index (χ0v) is 11.9. The van der Waals surface area contributed by atoms with Crippen molar-refractivity contribution in [3.63, 3.8) is 0 Å². The monoisotopic (exact) mass is 350 g/mol. The van der Waals surface area contributed by atoms with E-state index in [0.29, 0.717) is 12.1 Å². The number of hydrogen-bond donors (Lipinski definition) is 2. The highest BCUT2D eigenvalue weighted by molar-refractivity contribution is 14.1. The zero-order valence-electron chi connectivity index (χ0n) is 8.91. The van der Waals surface area contributed by atoms with Gasteiger partial charge in [0.2, 0.25) is 0 Å². The number of halogens is 1. The van der Waals surface area contributed by atoms with Crippen LogP contribution >= 0.6 is 33.9 Å². The van der Waals surface area contributed by atoms with Crippen LogP contribution in [0.15, 0.2) is 11.4 Å². The molecular weight excluding hydrogens is 335 g/mol. The molecule has 5 heteroatoms. The standard InChI is InChI=1S/C11H15IN2OS/c12-10-5-7(6-16-10)11(15)14-9-3-1-8(13)2-4-9/h5-6,8-9H,1-4,13H2,(H,14,15). The minimum Gasteiger partial charge on any atom is -0.349 e. The van der Waals surface area contributed by atoms with E-state index in [1.165, 1.54) is 0 Å². The maximum Gasteiger partial charge on any atom is 0.252 e. The number of nitrogens with two attached hydrogens (primary N) is 1. The summed E-state index contributed by atoms with van der Waals surface area (Å²) in [7, 11) is 0. The van der Waals surface area contributed by atoms with Crippen LogP contribution < -0.4 is 11.1 Å². The van der Waals surface area contributed by atoms with Gasteiger partial charge in [-0.05, 0) is 54.3 Å². The van der Waals surface area contributed by atoms with E-state index in [1.807, 2.05) is 11.4 Å². The van der Waals surface area contributed by atoms with Crippen LogP contribution in [0.4, 0.5) is 0 Å².